The summed E-state index contributed by atoms with van der Waals surface area (Å²) in [6.45, 7) is 3.93. The third kappa shape index (κ3) is 8.54. The van der Waals surface area contributed by atoms with Crippen LogP contribution in [0.3, 0.4) is 0 Å². The third-order valence-corrected chi connectivity index (χ3v) is 9.09. The van der Waals surface area contributed by atoms with Crippen molar-refractivity contribution in [3.63, 3.8) is 0 Å². The number of nitrogens with zero attached hydrogens (tertiary/aromatic N) is 2. The molecule has 0 radical (unpaired) electrons. The van der Waals surface area contributed by atoms with Crippen LogP contribution in [0.2, 0.25) is 0 Å². The number of nitrogens with one attached hydrogen (secondary N) is 1. The van der Waals surface area contributed by atoms with Crippen LogP contribution in [0.15, 0.2) is 114 Å². The molecule has 9 heteroatoms. The first-order valence-electron chi connectivity index (χ1n) is 14.7. The Bertz CT molecular complexity index is 1610. The van der Waals surface area contributed by atoms with Gasteiger partial charge in [-0.2, -0.15) is 0 Å². The molecule has 1 atom stereocenters. The number of rotatable bonds is 14. The Morgan fingerprint density at radius 1 is 0.818 bits per heavy atom. The zero-order valence-corrected chi connectivity index (χ0v) is 25.8. The smallest absolute Gasteiger partial charge is 0.264 e. The molecule has 0 fully saturated rings. The lowest BCUT2D eigenvalue weighted by molar-refractivity contribution is -0.140. The summed E-state index contributed by atoms with van der Waals surface area (Å²) >= 11 is 0. The second-order valence-corrected chi connectivity index (χ2v) is 12.5. The van der Waals surface area contributed by atoms with E-state index in [0.29, 0.717) is 6.54 Å². The highest BCUT2D eigenvalue weighted by Crippen LogP contribution is 2.25. The van der Waals surface area contributed by atoms with Crippen LogP contribution in [-0.2, 0) is 32.6 Å². The molecular weight excluding hydrogens is 577 g/mol. The van der Waals surface area contributed by atoms with Crippen LogP contribution < -0.4 is 9.62 Å². The van der Waals surface area contributed by atoms with Gasteiger partial charge in [0.25, 0.3) is 10.0 Å². The topological polar surface area (TPSA) is 86.8 Å². The van der Waals surface area contributed by atoms with Gasteiger partial charge in [-0.05, 0) is 60.9 Å². The number of aryl methyl sites for hydroxylation is 1. The van der Waals surface area contributed by atoms with Crippen LogP contribution in [0, 0.1) is 12.7 Å². The zero-order chi connectivity index (χ0) is 31.5. The second kappa shape index (κ2) is 15.3. The van der Waals surface area contributed by atoms with Gasteiger partial charge in [-0.3, -0.25) is 13.9 Å². The molecule has 7 nitrogen and oxygen atoms in total. The lowest BCUT2D eigenvalue weighted by atomic mass is 10.0. The van der Waals surface area contributed by atoms with E-state index in [1.54, 1.807) is 18.2 Å². The number of carbonyl (C=O) groups is 2. The quantitative estimate of drug-likeness (QED) is 0.179. The highest BCUT2D eigenvalue weighted by molar-refractivity contribution is 7.92. The average Bonchev–Trinajstić information content (AvgIpc) is 3.03. The molecule has 4 rings (SSSR count). The molecule has 0 bridgehead atoms. The molecule has 2 amide bonds. The van der Waals surface area contributed by atoms with Crippen molar-refractivity contribution < 1.29 is 22.4 Å². The molecule has 0 aliphatic heterocycles. The maximum atomic E-state index is 14.4. The van der Waals surface area contributed by atoms with Gasteiger partial charge in [0.15, 0.2) is 0 Å². The molecule has 0 heterocycles. The van der Waals surface area contributed by atoms with Crippen LogP contribution in [0.5, 0.6) is 0 Å². The Balaban J connectivity index is 1.77. The summed E-state index contributed by atoms with van der Waals surface area (Å²) in [5.41, 5.74) is 2.83. The maximum absolute atomic E-state index is 14.4. The molecule has 44 heavy (non-hydrogen) atoms. The molecule has 1 N–H and O–H groups in total. The van der Waals surface area contributed by atoms with Crippen molar-refractivity contribution in [3.8, 4) is 0 Å². The summed E-state index contributed by atoms with van der Waals surface area (Å²) < 4.78 is 42.7. The lowest BCUT2D eigenvalue weighted by Crippen LogP contribution is -2.53. The second-order valence-electron chi connectivity index (χ2n) is 10.7. The maximum Gasteiger partial charge on any atom is 0.264 e. The third-order valence-electron chi connectivity index (χ3n) is 7.30. The summed E-state index contributed by atoms with van der Waals surface area (Å²) in [6, 6.07) is 28.9. The molecule has 0 aromatic heterocycles. The van der Waals surface area contributed by atoms with Gasteiger partial charge in [0, 0.05) is 19.5 Å². The van der Waals surface area contributed by atoms with Gasteiger partial charge in [-0.15, -0.1) is 0 Å². The van der Waals surface area contributed by atoms with Crippen molar-refractivity contribution in [1.82, 2.24) is 10.2 Å². The molecule has 0 saturated heterocycles. The van der Waals surface area contributed by atoms with Gasteiger partial charge in [0.1, 0.15) is 18.4 Å². The molecule has 0 aliphatic rings. The molecule has 230 valence electrons. The minimum atomic E-state index is -4.23. The molecule has 4 aromatic carbocycles. The van der Waals surface area contributed by atoms with Gasteiger partial charge in [0.05, 0.1) is 10.6 Å². The van der Waals surface area contributed by atoms with Gasteiger partial charge in [0.2, 0.25) is 11.8 Å². The number of carbonyl (C=O) groups excluding carboxylic acids is 2. The number of halogens is 1. The van der Waals surface area contributed by atoms with E-state index >= 15 is 0 Å². The Labute approximate surface area is 259 Å². The predicted molar refractivity (Wildman–Crippen MR) is 171 cm³/mol. The minimum Gasteiger partial charge on any atom is -0.354 e. The number of sulfonamides is 1. The van der Waals surface area contributed by atoms with E-state index in [1.165, 1.54) is 29.2 Å². The average molecular weight is 616 g/mol. The van der Waals surface area contributed by atoms with Gasteiger partial charge >= 0.3 is 0 Å². The van der Waals surface area contributed by atoms with Gasteiger partial charge in [-0.1, -0.05) is 91.7 Å². The summed E-state index contributed by atoms with van der Waals surface area (Å²) in [5.74, 6) is -1.42. The zero-order valence-electron chi connectivity index (χ0n) is 25.0. The number of benzene rings is 4. The van der Waals surface area contributed by atoms with E-state index in [2.05, 4.69) is 5.32 Å². The van der Waals surface area contributed by atoms with Crippen molar-refractivity contribution in [2.24, 2.45) is 0 Å². The normalized spacial score (nSPS) is 11.9. The predicted octanol–water partition coefficient (Wildman–Crippen LogP) is 5.89. The van der Waals surface area contributed by atoms with Crippen LogP contribution in [0.1, 0.15) is 36.5 Å². The molecule has 0 spiro atoms. The fraction of sp³-hybridized carbons (Fsp3) is 0.257. The number of anilines is 1. The summed E-state index contributed by atoms with van der Waals surface area (Å²) in [4.78, 5) is 29.6. The first-order chi connectivity index (χ1) is 21.2. The minimum absolute atomic E-state index is 0.0136. The van der Waals surface area contributed by atoms with Crippen molar-refractivity contribution in [2.75, 3.05) is 17.4 Å². The molecule has 0 saturated carbocycles. The van der Waals surface area contributed by atoms with Crippen LogP contribution in [0.25, 0.3) is 0 Å². The largest absolute Gasteiger partial charge is 0.354 e. The molecule has 0 aliphatic carbocycles. The Hall–Kier alpha value is -4.50. The van der Waals surface area contributed by atoms with Gasteiger partial charge < -0.3 is 10.2 Å². The van der Waals surface area contributed by atoms with Gasteiger partial charge in [-0.25, -0.2) is 12.8 Å². The Morgan fingerprint density at radius 2 is 1.43 bits per heavy atom. The number of unbranched alkanes of at least 4 members (excludes halogenated alkanes) is 1. The monoisotopic (exact) mass is 615 g/mol. The lowest BCUT2D eigenvalue weighted by Gasteiger charge is -2.34. The van der Waals surface area contributed by atoms with E-state index in [4.69, 9.17) is 0 Å². The summed E-state index contributed by atoms with van der Waals surface area (Å²) in [7, 11) is -4.23. The van der Waals surface area contributed by atoms with Crippen LogP contribution in [0.4, 0.5) is 10.1 Å². The standard InChI is InChI=1S/C35H38FN3O4S/c1-3-4-23-37-35(41)33(24-28-11-7-5-8-12-28)38(25-29-17-15-27(2)16-18-29)34(40)26-39(31-21-19-30(36)20-22-31)44(42,43)32-13-9-6-10-14-32/h5-22,33H,3-4,23-26H2,1-2H3,(H,37,41). The first-order valence-corrected chi connectivity index (χ1v) is 16.1. The van der Waals surface area contributed by atoms with E-state index in [9.17, 15) is 22.4 Å². The first kappa shape index (κ1) is 32.4. The van der Waals surface area contributed by atoms with Crippen molar-refractivity contribution in [1.29, 1.82) is 0 Å². The van der Waals surface area contributed by atoms with Crippen LogP contribution in [-0.4, -0.2) is 44.3 Å². The highest BCUT2D eigenvalue weighted by atomic mass is 32.2. The molecular formula is C35H38FN3O4S. The fourth-order valence-corrected chi connectivity index (χ4v) is 6.24. The van der Waals surface area contributed by atoms with E-state index in [-0.39, 0.29) is 29.5 Å². The van der Waals surface area contributed by atoms with Crippen molar-refractivity contribution >= 4 is 27.5 Å². The molecule has 1 unspecified atom stereocenters. The highest BCUT2D eigenvalue weighted by Gasteiger charge is 2.34. The summed E-state index contributed by atoms with van der Waals surface area (Å²) in [6.07, 6.45) is 1.90. The van der Waals surface area contributed by atoms with E-state index in [1.807, 2.05) is 68.4 Å². The number of hydrogen-bond donors (Lipinski definition) is 1. The van der Waals surface area contributed by atoms with E-state index in [0.717, 1.165) is 46.0 Å². The fourth-order valence-electron chi connectivity index (χ4n) is 4.81. The number of hydrogen-bond acceptors (Lipinski definition) is 4. The molecule has 4 aromatic rings. The van der Waals surface area contributed by atoms with Crippen molar-refractivity contribution in [2.45, 2.75) is 50.6 Å². The number of amides is 2. The van der Waals surface area contributed by atoms with Crippen molar-refractivity contribution in [3.05, 3.63) is 132 Å². The Morgan fingerprint density at radius 3 is 2.05 bits per heavy atom. The Kier molecular flexibility index (Phi) is 11.3. The van der Waals surface area contributed by atoms with E-state index < -0.39 is 34.3 Å². The SMILES string of the molecule is CCCCNC(=O)C(Cc1ccccc1)N(Cc1ccc(C)cc1)C(=O)CN(c1ccc(F)cc1)S(=O)(=O)c1ccccc1. The summed E-state index contributed by atoms with van der Waals surface area (Å²) in [5, 5.41) is 2.98. The van der Waals surface area contributed by atoms with Crippen LogP contribution >= 0.6 is 0 Å².